The largest absolute Gasteiger partial charge is 0.472 e. The van der Waals surface area contributed by atoms with Crippen molar-refractivity contribution in [3.63, 3.8) is 0 Å². The minimum atomic E-state index is -4.96. The number of phosphoric ester groups is 2. The van der Waals surface area contributed by atoms with E-state index in [0.29, 0.717) is 25.7 Å². The molecule has 0 aliphatic rings. The third kappa shape index (κ3) is 73.6. The average molecular weight is 1490 g/mol. The molecule has 3 N–H and O–H groups in total. The van der Waals surface area contributed by atoms with Crippen molar-refractivity contribution < 1.29 is 80.2 Å². The van der Waals surface area contributed by atoms with Crippen molar-refractivity contribution in [2.75, 3.05) is 39.6 Å². The molecule has 0 aliphatic carbocycles. The van der Waals surface area contributed by atoms with Gasteiger partial charge in [0.15, 0.2) is 12.2 Å². The molecule has 0 aromatic carbocycles. The maximum Gasteiger partial charge on any atom is 0.472 e. The van der Waals surface area contributed by atoms with Crippen LogP contribution >= 0.6 is 15.6 Å². The van der Waals surface area contributed by atoms with E-state index >= 15 is 0 Å². The summed E-state index contributed by atoms with van der Waals surface area (Å²) in [7, 11) is -9.92. The number of rotatable bonds is 81. The monoisotopic (exact) mass is 1490 g/mol. The second kappa shape index (κ2) is 73.2. The Morgan fingerprint density at radius 2 is 0.500 bits per heavy atom. The molecule has 0 spiro atoms. The fourth-order valence-electron chi connectivity index (χ4n) is 12.8. The topological polar surface area (TPSA) is 237 Å². The summed E-state index contributed by atoms with van der Waals surface area (Å²) in [5.74, 6) is 0.282. The van der Waals surface area contributed by atoms with E-state index in [4.69, 9.17) is 37.0 Å². The van der Waals surface area contributed by atoms with Crippen LogP contribution in [0.4, 0.5) is 0 Å². The molecule has 606 valence electrons. The summed E-state index contributed by atoms with van der Waals surface area (Å²) >= 11 is 0. The van der Waals surface area contributed by atoms with E-state index in [2.05, 4.69) is 48.5 Å². The zero-order valence-corrected chi connectivity index (χ0v) is 68.9. The highest BCUT2D eigenvalue weighted by molar-refractivity contribution is 7.47. The van der Waals surface area contributed by atoms with Crippen LogP contribution in [-0.2, 0) is 65.4 Å². The van der Waals surface area contributed by atoms with Crippen LogP contribution in [0.25, 0.3) is 0 Å². The van der Waals surface area contributed by atoms with Gasteiger partial charge in [-0.25, -0.2) is 9.13 Å². The van der Waals surface area contributed by atoms with Crippen molar-refractivity contribution in [3.8, 4) is 0 Å². The minimum absolute atomic E-state index is 0.107. The highest BCUT2D eigenvalue weighted by Crippen LogP contribution is 2.45. The number of carbonyl (C=O) groups is 4. The van der Waals surface area contributed by atoms with Gasteiger partial charge in [-0.2, -0.15) is 0 Å². The summed E-state index contributed by atoms with van der Waals surface area (Å²) in [6.07, 6.45) is 62.4. The van der Waals surface area contributed by atoms with Gasteiger partial charge in [0.2, 0.25) is 0 Å². The number of ether oxygens (including phenoxy) is 4. The van der Waals surface area contributed by atoms with Gasteiger partial charge < -0.3 is 33.8 Å². The second-order valence-electron chi connectivity index (χ2n) is 30.8. The van der Waals surface area contributed by atoms with E-state index in [0.717, 1.165) is 114 Å². The molecule has 0 rings (SSSR count). The normalized spacial score (nSPS) is 14.5. The molecule has 0 bridgehead atoms. The van der Waals surface area contributed by atoms with Crippen LogP contribution in [0.2, 0.25) is 0 Å². The maximum atomic E-state index is 13.1. The quantitative estimate of drug-likeness (QED) is 0.0222. The molecule has 0 saturated heterocycles. The third-order valence-corrected chi connectivity index (χ3v) is 22.0. The van der Waals surface area contributed by atoms with Gasteiger partial charge in [0, 0.05) is 25.7 Å². The maximum absolute atomic E-state index is 13.1. The smallest absolute Gasteiger partial charge is 0.462 e. The Kier molecular flexibility index (Phi) is 71.8. The average Bonchev–Trinajstić information content (AvgIpc) is 0.922. The number of esters is 4. The van der Waals surface area contributed by atoms with Crippen LogP contribution in [0.15, 0.2) is 0 Å². The molecule has 0 radical (unpaired) electrons. The summed E-state index contributed by atoms with van der Waals surface area (Å²) in [5, 5.41) is 10.7. The van der Waals surface area contributed by atoms with E-state index in [-0.39, 0.29) is 25.7 Å². The molecule has 0 aromatic rings. The Labute approximate surface area is 626 Å². The van der Waals surface area contributed by atoms with Crippen LogP contribution in [0.3, 0.4) is 0 Å². The van der Waals surface area contributed by atoms with Crippen LogP contribution in [0, 0.1) is 17.8 Å². The molecule has 17 nitrogen and oxygen atoms in total. The number of hydrogen-bond donors (Lipinski definition) is 3. The molecule has 0 aliphatic heterocycles. The summed E-state index contributed by atoms with van der Waals surface area (Å²) in [5.41, 5.74) is 0. The Morgan fingerprint density at radius 3 is 0.745 bits per heavy atom. The predicted octanol–water partition coefficient (Wildman–Crippen LogP) is 24.9. The first-order valence-corrected chi connectivity index (χ1v) is 45.9. The van der Waals surface area contributed by atoms with E-state index in [1.165, 1.54) is 238 Å². The fourth-order valence-corrected chi connectivity index (χ4v) is 14.4. The first kappa shape index (κ1) is 100. The summed E-state index contributed by atoms with van der Waals surface area (Å²) in [4.78, 5) is 73.1. The van der Waals surface area contributed by atoms with E-state index in [9.17, 15) is 43.2 Å². The molecule has 4 unspecified atom stereocenters. The van der Waals surface area contributed by atoms with Crippen LogP contribution < -0.4 is 0 Å². The Morgan fingerprint density at radius 1 is 0.284 bits per heavy atom. The van der Waals surface area contributed by atoms with Crippen LogP contribution in [0.5, 0.6) is 0 Å². The molecule has 7 atom stereocenters. The van der Waals surface area contributed by atoms with Gasteiger partial charge in [-0.1, -0.05) is 382 Å². The predicted molar refractivity (Wildman–Crippen MR) is 418 cm³/mol. The van der Waals surface area contributed by atoms with E-state index in [1.807, 2.05) is 0 Å². The lowest BCUT2D eigenvalue weighted by Gasteiger charge is -2.21. The van der Waals surface area contributed by atoms with Gasteiger partial charge in [0.1, 0.15) is 19.3 Å². The second-order valence-corrected chi connectivity index (χ2v) is 33.7. The Balaban J connectivity index is 5.25. The van der Waals surface area contributed by atoms with Gasteiger partial charge in [-0.05, 0) is 43.4 Å². The van der Waals surface area contributed by atoms with Gasteiger partial charge in [-0.3, -0.25) is 37.3 Å². The lowest BCUT2D eigenvalue weighted by Crippen LogP contribution is -2.30. The lowest BCUT2D eigenvalue weighted by molar-refractivity contribution is -0.161. The van der Waals surface area contributed by atoms with Crippen molar-refractivity contribution >= 4 is 39.5 Å². The number of aliphatic hydroxyl groups excluding tert-OH is 1. The lowest BCUT2D eigenvalue weighted by atomic mass is 9.99. The molecule has 0 fully saturated rings. The van der Waals surface area contributed by atoms with Gasteiger partial charge >= 0.3 is 39.5 Å². The number of phosphoric acid groups is 2. The summed E-state index contributed by atoms with van der Waals surface area (Å²) < 4.78 is 68.8. The van der Waals surface area contributed by atoms with Gasteiger partial charge in [0.05, 0.1) is 26.4 Å². The van der Waals surface area contributed by atoms with E-state index < -0.39 is 97.5 Å². The van der Waals surface area contributed by atoms with E-state index in [1.54, 1.807) is 0 Å². The zero-order valence-electron chi connectivity index (χ0n) is 67.1. The molecule has 19 heteroatoms. The van der Waals surface area contributed by atoms with Crippen molar-refractivity contribution in [1.82, 2.24) is 0 Å². The van der Waals surface area contributed by atoms with Crippen LogP contribution in [0.1, 0.15) is 434 Å². The molecule has 0 amide bonds. The SMILES string of the molecule is CCCCCCCCCCCCCCCCCC(=O)O[C@H](COC(=O)CCCCCCCCC(C)CC)COP(=O)(O)OC[C@H](O)COP(=O)(O)OC[C@@H](COC(=O)CCCCCCCCCCCCCCCCC(C)CC)OC(=O)CCCCCCCCCCCCCCCCCCC(C)C. The number of carbonyl (C=O) groups excluding carboxylic acids is 4. The highest BCUT2D eigenvalue weighted by atomic mass is 31.2. The summed E-state index contributed by atoms with van der Waals surface area (Å²) in [6.45, 7) is 12.0. The van der Waals surface area contributed by atoms with Crippen LogP contribution in [-0.4, -0.2) is 96.7 Å². The van der Waals surface area contributed by atoms with Crippen molar-refractivity contribution in [1.29, 1.82) is 0 Å². The van der Waals surface area contributed by atoms with Crippen molar-refractivity contribution in [2.45, 2.75) is 452 Å². The minimum Gasteiger partial charge on any atom is -0.462 e. The van der Waals surface area contributed by atoms with Crippen molar-refractivity contribution in [2.24, 2.45) is 17.8 Å². The third-order valence-electron chi connectivity index (χ3n) is 20.1. The number of unbranched alkanes of at least 4 members (excludes halogenated alkanes) is 47. The first-order chi connectivity index (χ1) is 49.3. The summed E-state index contributed by atoms with van der Waals surface area (Å²) in [6, 6.07) is 0. The Bertz CT molecular complexity index is 1980. The molecule has 0 aromatic heterocycles. The highest BCUT2D eigenvalue weighted by Gasteiger charge is 2.30. The number of hydrogen-bond acceptors (Lipinski definition) is 15. The molecular formula is C83H162O17P2. The molecular weight excluding hydrogens is 1330 g/mol. The fraction of sp³-hybridized carbons (Fsp3) is 0.952. The molecule has 102 heavy (non-hydrogen) atoms. The first-order valence-electron chi connectivity index (χ1n) is 42.9. The zero-order chi connectivity index (χ0) is 75.1. The Hall–Kier alpha value is -1.94. The van der Waals surface area contributed by atoms with Crippen molar-refractivity contribution in [3.05, 3.63) is 0 Å². The molecule has 0 heterocycles. The number of aliphatic hydroxyl groups is 1. The molecule has 0 saturated carbocycles. The van der Waals surface area contributed by atoms with Gasteiger partial charge in [-0.15, -0.1) is 0 Å². The van der Waals surface area contributed by atoms with Gasteiger partial charge in [0.25, 0.3) is 0 Å². The standard InChI is InChI=1S/C83H162O17P2/c1-8-11-12-13-14-15-16-17-20-28-33-38-43-52-59-67-83(88)100-79(71-94-81(86)65-58-51-46-45-49-56-63-76(7)10-3)73-98-102(91,92)96-69-77(84)68-95-101(89,90)97-72-78(70-93-80(85)64-57-50-42-37-32-27-24-23-26-31-36-41-48-55-62-75(6)9-2)99-82(87)66-60-53-44-39-34-29-22-19-18-21-25-30-35-40-47-54-61-74(4)5/h74-79,84H,8-73H2,1-7H3,(H,89,90)(H,91,92)/t75?,76?,77-,78-,79-/m1/s1.